The second-order valence-corrected chi connectivity index (χ2v) is 10.2. The monoisotopic (exact) mass is 553 g/mol. The van der Waals surface area contributed by atoms with Crippen molar-refractivity contribution in [3.05, 3.63) is 53.3 Å². The molecule has 0 aliphatic carbocycles. The molecule has 1 aromatic heterocycles. The number of carboxylic acid groups (broad SMARTS) is 1. The fourth-order valence-corrected chi connectivity index (χ4v) is 5.29. The van der Waals surface area contributed by atoms with E-state index in [1.165, 1.54) is 0 Å². The Bertz CT molecular complexity index is 1310. The number of likely N-dealkylation sites (N-methyl/N-ethyl adjacent to an activating group) is 1. The number of hydrogen-bond donors (Lipinski definition) is 1. The number of aromatic nitrogens is 1. The van der Waals surface area contributed by atoms with Gasteiger partial charge in [-0.05, 0) is 49.1 Å². The molecule has 5 rings (SSSR count). The minimum Gasteiger partial charge on any atom is -0.475 e. The molecule has 204 valence electrons. The first kappa shape index (κ1) is 27.9. The third kappa shape index (κ3) is 6.48. The minimum atomic E-state index is -5.08. The van der Waals surface area contributed by atoms with Crippen molar-refractivity contribution in [1.29, 1.82) is 0 Å². The van der Waals surface area contributed by atoms with E-state index in [0.29, 0.717) is 18.7 Å². The third-order valence-electron chi connectivity index (χ3n) is 6.84. The zero-order valence-corrected chi connectivity index (χ0v) is 21.4. The number of carboxylic acids is 1. The number of halogens is 4. The van der Waals surface area contributed by atoms with Crippen LogP contribution in [0, 0.1) is 5.82 Å². The van der Waals surface area contributed by atoms with Crippen LogP contribution in [0.4, 0.5) is 17.6 Å². The lowest BCUT2D eigenvalue weighted by molar-refractivity contribution is -0.192. The number of carbonyl (C=O) groups is 2. The van der Waals surface area contributed by atoms with Gasteiger partial charge in [0.25, 0.3) is 0 Å². The van der Waals surface area contributed by atoms with E-state index in [1.807, 2.05) is 47.7 Å². The first-order chi connectivity index (χ1) is 18.0. The Hall–Kier alpha value is -3.09. The lowest BCUT2D eigenvalue weighted by atomic mass is 9.89. The number of benzene rings is 2. The van der Waals surface area contributed by atoms with Gasteiger partial charge in [0.15, 0.2) is 0 Å². The second-order valence-electron chi connectivity index (χ2n) is 9.30. The van der Waals surface area contributed by atoms with Crippen molar-refractivity contribution in [2.24, 2.45) is 0 Å². The van der Waals surface area contributed by atoms with Gasteiger partial charge in [0.05, 0.1) is 21.3 Å². The molecule has 3 heterocycles. The predicted molar refractivity (Wildman–Crippen MR) is 134 cm³/mol. The van der Waals surface area contributed by atoms with Crippen molar-refractivity contribution < 1.29 is 37.0 Å². The molecule has 7 nitrogen and oxygen atoms in total. The summed E-state index contributed by atoms with van der Waals surface area (Å²) in [5.74, 6) is -2.85. The fourth-order valence-electron chi connectivity index (χ4n) is 4.63. The zero-order chi connectivity index (χ0) is 27.5. The molecule has 3 aromatic rings. The van der Waals surface area contributed by atoms with Crippen molar-refractivity contribution in [2.75, 3.05) is 32.8 Å². The SMILES string of the molecule is CCN1CC2(CCN(Cc3ccc(-c4ccc5scnc5c4)cc3F)CC2)OCC1=O.O=C(O)C(F)(F)F. The molecule has 0 atom stereocenters. The number of likely N-dealkylation sites (tertiary alicyclic amines) is 1. The highest BCUT2D eigenvalue weighted by Gasteiger charge is 2.41. The van der Waals surface area contributed by atoms with Crippen molar-refractivity contribution in [1.82, 2.24) is 14.8 Å². The number of nitrogens with zero attached hydrogens (tertiary/aromatic N) is 3. The summed E-state index contributed by atoms with van der Waals surface area (Å²) in [5, 5.41) is 7.12. The Balaban J connectivity index is 0.000000426. The number of piperidine rings is 1. The molecule has 0 saturated carbocycles. The number of aliphatic carboxylic acids is 1. The number of thiazole rings is 1. The summed E-state index contributed by atoms with van der Waals surface area (Å²) in [6.07, 6.45) is -3.35. The molecule has 12 heteroatoms. The maximum Gasteiger partial charge on any atom is 0.490 e. The van der Waals surface area contributed by atoms with E-state index in [2.05, 4.69) is 9.88 Å². The Morgan fingerprint density at radius 2 is 1.82 bits per heavy atom. The topological polar surface area (TPSA) is 83.0 Å². The largest absolute Gasteiger partial charge is 0.490 e. The first-order valence-electron chi connectivity index (χ1n) is 12.1. The van der Waals surface area contributed by atoms with Crippen LogP contribution >= 0.6 is 11.3 Å². The Morgan fingerprint density at radius 1 is 1.16 bits per heavy atom. The quantitative estimate of drug-likeness (QED) is 0.461. The van der Waals surface area contributed by atoms with Crippen molar-refractivity contribution >= 4 is 33.4 Å². The predicted octanol–water partition coefficient (Wildman–Crippen LogP) is 4.95. The molecular formula is C26H27F4N3O4S. The summed E-state index contributed by atoms with van der Waals surface area (Å²) in [7, 11) is 0. The molecule has 2 aromatic carbocycles. The van der Waals surface area contributed by atoms with Crippen LogP contribution in [0.25, 0.3) is 21.3 Å². The summed E-state index contributed by atoms with van der Waals surface area (Å²) in [6.45, 7) is 5.85. The normalized spacial score (nSPS) is 17.9. The van der Waals surface area contributed by atoms with Gasteiger partial charge in [-0.25, -0.2) is 14.2 Å². The molecule has 1 spiro atoms. The van der Waals surface area contributed by atoms with Gasteiger partial charge in [-0.1, -0.05) is 18.2 Å². The molecule has 2 fully saturated rings. The van der Waals surface area contributed by atoms with E-state index in [4.69, 9.17) is 14.6 Å². The van der Waals surface area contributed by atoms with Gasteiger partial charge in [0.2, 0.25) is 5.91 Å². The standard InChI is InChI=1S/C24H26FN3O2S.C2HF3O2/c1-2-28-15-24(30-14-23(28)29)7-9-27(10-8-24)13-19-4-3-17(11-20(19)25)18-5-6-22-21(12-18)26-16-31-22;3-2(4,5)1(6)7/h3-6,11-12,16H,2,7-10,13-15H2,1H3;(H,6,7). The molecule has 38 heavy (non-hydrogen) atoms. The zero-order valence-electron chi connectivity index (χ0n) is 20.6. The fraction of sp³-hybridized carbons (Fsp3) is 0.423. The van der Waals surface area contributed by atoms with Crippen LogP contribution in [0.5, 0.6) is 0 Å². The highest BCUT2D eigenvalue weighted by molar-refractivity contribution is 7.16. The Morgan fingerprint density at radius 3 is 2.45 bits per heavy atom. The van der Waals surface area contributed by atoms with Crippen LogP contribution in [0.15, 0.2) is 41.9 Å². The van der Waals surface area contributed by atoms with Gasteiger partial charge in [-0.15, -0.1) is 11.3 Å². The minimum absolute atomic E-state index is 0.0756. The lowest BCUT2D eigenvalue weighted by Crippen LogP contribution is -2.58. The van der Waals surface area contributed by atoms with E-state index in [-0.39, 0.29) is 23.9 Å². The number of alkyl halides is 3. The molecular weight excluding hydrogens is 526 g/mol. The molecule has 0 bridgehead atoms. The van der Waals surface area contributed by atoms with Gasteiger partial charge in [-0.3, -0.25) is 9.69 Å². The second kappa shape index (κ2) is 11.3. The smallest absolute Gasteiger partial charge is 0.475 e. The lowest BCUT2D eigenvalue weighted by Gasteiger charge is -2.46. The van der Waals surface area contributed by atoms with E-state index in [1.54, 1.807) is 17.4 Å². The number of hydrogen-bond acceptors (Lipinski definition) is 6. The van der Waals surface area contributed by atoms with Crippen LogP contribution in [-0.2, 0) is 20.9 Å². The molecule has 2 aliphatic rings. The van der Waals surface area contributed by atoms with Crippen molar-refractivity contribution in [3.8, 4) is 11.1 Å². The summed E-state index contributed by atoms with van der Waals surface area (Å²) >= 11 is 1.61. The molecule has 0 unspecified atom stereocenters. The van der Waals surface area contributed by atoms with Crippen LogP contribution in [0.1, 0.15) is 25.3 Å². The summed E-state index contributed by atoms with van der Waals surface area (Å²) in [4.78, 5) is 29.3. The van der Waals surface area contributed by atoms with E-state index >= 15 is 0 Å². The van der Waals surface area contributed by atoms with E-state index < -0.39 is 12.1 Å². The Labute approximate surface area is 220 Å². The number of morpholine rings is 1. The maximum atomic E-state index is 14.9. The van der Waals surface area contributed by atoms with Gasteiger partial charge in [0.1, 0.15) is 12.4 Å². The average molecular weight is 554 g/mol. The molecule has 0 radical (unpaired) electrons. The van der Waals surface area contributed by atoms with Crippen LogP contribution < -0.4 is 0 Å². The molecule has 2 aliphatic heterocycles. The van der Waals surface area contributed by atoms with Crippen molar-refractivity contribution in [2.45, 2.75) is 38.1 Å². The van der Waals surface area contributed by atoms with Crippen molar-refractivity contribution in [3.63, 3.8) is 0 Å². The van der Waals surface area contributed by atoms with E-state index in [9.17, 15) is 22.4 Å². The number of fused-ring (bicyclic) bond motifs is 1. The van der Waals surface area contributed by atoms with Crippen LogP contribution in [0.3, 0.4) is 0 Å². The summed E-state index contributed by atoms with van der Waals surface area (Å²) < 4.78 is 53.8. The maximum absolute atomic E-state index is 14.9. The van der Waals surface area contributed by atoms with Crippen LogP contribution in [-0.4, -0.2) is 76.3 Å². The third-order valence-corrected chi connectivity index (χ3v) is 7.65. The summed E-state index contributed by atoms with van der Waals surface area (Å²) in [6, 6.07) is 11.6. The molecule has 1 amide bonds. The van der Waals surface area contributed by atoms with Crippen LogP contribution in [0.2, 0.25) is 0 Å². The number of rotatable bonds is 4. The average Bonchev–Trinajstić information content (AvgIpc) is 3.36. The van der Waals surface area contributed by atoms with Gasteiger partial charge < -0.3 is 14.7 Å². The molecule has 1 N–H and O–H groups in total. The number of carbonyl (C=O) groups excluding carboxylic acids is 1. The van der Waals surface area contributed by atoms with Gasteiger partial charge in [0, 0.05) is 38.3 Å². The first-order valence-corrected chi connectivity index (χ1v) is 12.9. The number of ether oxygens (including phenoxy) is 1. The van der Waals surface area contributed by atoms with Gasteiger partial charge in [-0.2, -0.15) is 13.2 Å². The summed E-state index contributed by atoms with van der Waals surface area (Å²) in [5.41, 5.74) is 5.10. The number of amides is 1. The van der Waals surface area contributed by atoms with Gasteiger partial charge >= 0.3 is 12.1 Å². The molecule has 2 saturated heterocycles. The highest BCUT2D eigenvalue weighted by Crippen LogP contribution is 2.32. The van der Waals surface area contributed by atoms with E-state index in [0.717, 1.165) is 53.8 Å². The highest BCUT2D eigenvalue weighted by atomic mass is 32.1. The Kier molecular flexibility index (Phi) is 8.34.